The van der Waals surface area contributed by atoms with Gasteiger partial charge in [0.2, 0.25) is 11.8 Å². The molecular weight excluding hydrogens is 400 g/mol. The van der Waals surface area contributed by atoms with E-state index >= 15 is 0 Å². The van der Waals surface area contributed by atoms with Gasteiger partial charge in [-0.1, -0.05) is 60.7 Å². The molecule has 2 aromatic rings. The van der Waals surface area contributed by atoms with E-state index in [4.69, 9.17) is 0 Å². The van der Waals surface area contributed by atoms with Crippen LogP contribution < -0.4 is 10.6 Å². The lowest BCUT2D eigenvalue weighted by molar-refractivity contribution is -0.124. The fraction of sp³-hybridized carbons (Fsp3) is 0.462. The van der Waals surface area contributed by atoms with E-state index in [1.165, 1.54) is 0 Å². The first-order valence-corrected chi connectivity index (χ1v) is 11.5. The number of carbonyl (C=O) groups excluding carboxylic acids is 2. The Hall–Kier alpha value is -2.70. The van der Waals surface area contributed by atoms with Gasteiger partial charge in [0.15, 0.2) is 0 Å². The summed E-state index contributed by atoms with van der Waals surface area (Å²) < 4.78 is 0. The van der Waals surface area contributed by atoms with E-state index in [0.29, 0.717) is 13.1 Å². The molecule has 0 saturated carbocycles. The minimum Gasteiger partial charge on any atom is -0.350 e. The molecule has 0 unspecified atom stereocenters. The second-order valence-electron chi connectivity index (χ2n) is 9.53. The number of rotatable bonds is 7. The van der Waals surface area contributed by atoms with Crippen molar-refractivity contribution in [1.29, 1.82) is 0 Å². The number of amides is 2. The van der Waals surface area contributed by atoms with Gasteiger partial charge in [-0.15, -0.1) is 0 Å². The molecule has 6 heteroatoms. The molecule has 1 saturated heterocycles. The summed E-state index contributed by atoms with van der Waals surface area (Å²) >= 11 is 0. The number of hydrogen-bond acceptors (Lipinski definition) is 4. The largest absolute Gasteiger partial charge is 0.350 e. The molecule has 1 fully saturated rings. The molecule has 3 rings (SSSR count). The van der Waals surface area contributed by atoms with Gasteiger partial charge in [-0.05, 0) is 51.4 Å². The quantitative estimate of drug-likeness (QED) is 0.701. The van der Waals surface area contributed by atoms with Crippen molar-refractivity contribution < 1.29 is 9.59 Å². The van der Waals surface area contributed by atoms with E-state index in [2.05, 4.69) is 20.4 Å². The summed E-state index contributed by atoms with van der Waals surface area (Å²) in [5.74, 6) is 0.0684. The molecule has 1 aliphatic rings. The average Bonchev–Trinajstić information content (AvgIpc) is 2.97. The van der Waals surface area contributed by atoms with Crippen LogP contribution in [0.3, 0.4) is 0 Å². The second-order valence-corrected chi connectivity index (χ2v) is 9.53. The second kappa shape index (κ2) is 11.2. The van der Waals surface area contributed by atoms with Crippen molar-refractivity contribution in [3.05, 3.63) is 71.8 Å². The first kappa shape index (κ1) is 24.0. The van der Waals surface area contributed by atoms with Crippen molar-refractivity contribution >= 4 is 11.8 Å². The smallest absolute Gasteiger partial charge is 0.234 e. The van der Waals surface area contributed by atoms with Crippen LogP contribution >= 0.6 is 0 Å². The first-order valence-electron chi connectivity index (χ1n) is 11.5. The van der Waals surface area contributed by atoms with Crippen molar-refractivity contribution in [3.8, 4) is 0 Å². The predicted molar refractivity (Wildman–Crippen MR) is 128 cm³/mol. The molecule has 0 bridgehead atoms. The molecule has 2 amide bonds. The van der Waals surface area contributed by atoms with E-state index in [0.717, 1.165) is 43.7 Å². The Labute approximate surface area is 192 Å². The van der Waals surface area contributed by atoms with Gasteiger partial charge in [0, 0.05) is 18.6 Å². The summed E-state index contributed by atoms with van der Waals surface area (Å²) in [5.41, 5.74) is 1.92. The Morgan fingerprint density at radius 1 is 0.781 bits per heavy atom. The fourth-order valence-corrected chi connectivity index (χ4v) is 4.06. The lowest BCUT2D eigenvalue weighted by Gasteiger charge is -2.25. The molecule has 2 aromatic carbocycles. The predicted octanol–water partition coefficient (Wildman–Crippen LogP) is 2.81. The molecule has 0 spiro atoms. The molecular formula is C26H36N4O2. The van der Waals surface area contributed by atoms with Crippen LogP contribution in [0.5, 0.6) is 0 Å². The Bertz CT molecular complexity index is 825. The van der Waals surface area contributed by atoms with Crippen molar-refractivity contribution in [2.45, 2.75) is 38.8 Å². The Morgan fingerprint density at radius 2 is 1.25 bits per heavy atom. The molecule has 0 radical (unpaired) electrons. The zero-order chi connectivity index (χ0) is 23.0. The standard InChI is InChI=1S/C26H36N4O2/c1-26(2,3)28-24(32)20-30-16-10-15-29(17-18-30)19-23(31)27-25(21-11-6-4-7-12-21)22-13-8-5-9-14-22/h4-9,11-14,25H,10,15-20H2,1-3H3,(H,27,31)(H,28,32). The average molecular weight is 437 g/mol. The molecule has 2 N–H and O–H groups in total. The zero-order valence-electron chi connectivity index (χ0n) is 19.5. The van der Waals surface area contributed by atoms with E-state index in [9.17, 15) is 9.59 Å². The first-order chi connectivity index (χ1) is 15.3. The van der Waals surface area contributed by atoms with Crippen LogP contribution in [-0.2, 0) is 9.59 Å². The summed E-state index contributed by atoms with van der Waals surface area (Å²) in [6.07, 6.45) is 0.941. The highest BCUT2D eigenvalue weighted by Crippen LogP contribution is 2.21. The highest BCUT2D eigenvalue weighted by molar-refractivity contribution is 5.79. The highest BCUT2D eigenvalue weighted by atomic mass is 16.2. The van der Waals surface area contributed by atoms with E-state index in [1.807, 2.05) is 81.4 Å². The molecule has 0 atom stereocenters. The van der Waals surface area contributed by atoms with E-state index < -0.39 is 0 Å². The van der Waals surface area contributed by atoms with Gasteiger partial charge in [0.25, 0.3) is 0 Å². The lowest BCUT2D eigenvalue weighted by Crippen LogP contribution is -2.46. The van der Waals surface area contributed by atoms with Crippen LogP contribution in [0.1, 0.15) is 44.4 Å². The molecule has 1 aliphatic heterocycles. The molecule has 0 aromatic heterocycles. The minimum atomic E-state index is -0.221. The van der Waals surface area contributed by atoms with Crippen molar-refractivity contribution in [2.24, 2.45) is 0 Å². The summed E-state index contributed by atoms with van der Waals surface area (Å²) in [5, 5.41) is 6.25. The maximum atomic E-state index is 13.0. The Morgan fingerprint density at radius 3 is 1.72 bits per heavy atom. The van der Waals surface area contributed by atoms with E-state index in [1.54, 1.807) is 0 Å². The molecule has 1 heterocycles. The maximum absolute atomic E-state index is 13.0. The van der Waals surface area contributed by atoms with Crippen molar-refractivity contribution in [3.63, 3.8) is 0 Å². The van der Waals surface area contributed by atoms with Crippen LogP contribution in [0.2, 0.25) is 0 Å². The van der Waals surface area contributed by atoms with Crippen LogP contribution in [0.15, 0.2) is 60.7 Å². The molecule has 32 heavy (non-hydrogen) atoms. The topological polar surface area (TPSA) is 64.7 Å². The SMILES string of the molecule is CC(C)(C)NC(=O)CN1CCCN(CC(=O)NC(c2ccccc2)c2ccccc2)CC1. The van der Waals surface area contributed by atoms with Gasteiger partial charge in [-0.25, -0.2) is 0 Å². The molecule has 0 aliphatic carbocycles. The molecule has 6 nitrogen and oxygen atoms in total. The Balaban J connectivity index is 1.55. The third-order valence-electron chi connectivity index (χ3n) is 5.50. The number of nitrogens with zero attached hydrogens (tertiary/aromatic N) is 2. The van der Waals surface area contributed by atoms with Crippen molar-refractivity contribution in [2.75, 3.05) is 39.3 Å². The number of nitrogens with one attached hydrogen (secondary N) is 2. The summed E-state index contributed by atoms with van der Waals surface area (Å²) in [4.78, 5) is 29.6. The highest BCUT2D eigenvalue weighted by Gasteiger charge is 2.22. The number of carbonyl (C=O) groups is 2. The van der Waals surface area contributed by atoms with Crippen LogP contribution in [0.4, 0.5) is 0 Å². The monoisotopic (exact) mass is 436 g/mol. The van der Waals surface area contributed by atoms with Crippen LogP contribution in [0, 0.1) is 0 Å². The molecule has 172 valence electrons. The van der Waals surface area contributed by atoms with Crippen LogP contribution in [0.25, 0.3) is 0 Å². The third kappa shape index (κ3) is 7.77. The van der Waals surface area contributed by atoms with Crippen LogP contribution in [-0.4, -0.2) is 66.4 Å². The fourth-order valence-electron chi connectivity index (χ4n) is 4.06. The zero-order valence-corrected chi connectivity index (χ0v) is 19.5. The maximum Gasteiger partial charge on any atom is 0.234 e. The lowest BCUT2D eigenvalue weighted by atomic mass is 9.99. The van der Waals surface area contributed by atoms with Gasteiger partial charge in [0.1, 0.15) is 0 Å². The minimum absolute atomic E-state index is 0.0154. The van der Waals surface area contributed by atoms with Crippen molar-refractivity contribution in [1.82, 2.24) is 20.4 Å². The third-order valence-corrected chi connectivity index (χ3v) is 5.50. The number of benzene rings is 2. The summed E-state index contributed by atoms with van der Waals surface area (Å²) in [6.45, 7) is 10.0. The van der Waals surface area contributed by atoms with Gasteiger partial charge in [-0.2, -0.15) is 0 Å². The summed E-state index contributed by atoms with van der Waals surface area (Å²) in [6, 6.07) is 20.0. The van der Waals surface area contributed by atoms with E-state index in [-0.39, 0.29) is 23.4 Å². The summed E-state index contributed by atoms with van der Waals surface area (Å²) in [7, 11) is 0. The van der Waals surface area contributed by atoms with Gasteiger partial charge >= 0.3 is 0 Å². The normalized spacial score (nSPS) is 15.9. The Kier molecular flexibility index (Phi) is 8.42. The van der Waals surface area contributed by atoms with Gasteiger partial charge < -0.3 is 10.6 Å². The van der Waals surface area contributed by atoms with Gasteiger partial charge in [0.05, 0.1) is 19.1 Å². The van der Waals surface area contributed by atoms with Gasteiger partial charge in [-0.3, -0.25) is 19.4 Å². The number of hydrogen-bond donors (Lipinski definition) is 2.